The molecule has 1 unspecified atom stereocenters. The van der Waals surface area contributed by atoms with Crippen LogP contribution in [0.1, 0.15) is 23.1 Å². The Hall–Kier alpha value is -3.64. The molecule has 3 aromatic carbocycles. The second-order valence-electron chi connectivity index (χ2n) is 7.62. The van der Waals surface area contributed by atoms with Crippen LogP contribution in [0.4, 0.5) is 5.69 Å². The first-order chi connectivity index (χ1) is 15.5. The van der Waals surface area contributed by atoms with Gasteiger partial charge >= 0.3 is 0 Å². The molecule has 1 N–H and O–H groups in total. The number of hydrogen-bond acceptors (Lipinski definition) is 4. The normalized spacial score (nSPS) is 17.9. The van der Waals surface area contributed by atoms with E-state index in [1.807, 2.05) is 36.4 Å². The molecule has 0 bridgehead atoms. The summed E-state index contributed by atoms with van der Waals surface area (Å²) in [6.07, 6.45) is 0. The average molecular weight is 488 g/mol. The number of carbonyl (C=O) groups excluding carboxylic acids is 2. The van der Waals surface area contributed by atoms with Crippen molar-refractivity contribution in [2.24, 2.45) is 0 Å². The van der Waals surface area contributed by atoms with Crippen molar-refractivity contribution in [1.29, 1.82) is 0 Å². The molecule has 0 saturated carbocycles. The molecule has 1 saturated heterocycles. The van der Waals surface area contributed by atoms with Crippen LogP contribution in [-0.2, 0) is 9.59 Å². The summed E-state index contributed by atoms with van der Waals surface area (Å²) in [7, 11) is 0. The van der Waals surface area contributed by atoms with Gasteiger partial charge in [0.2, 0.25) is 0 Å². The Kier molecular flexibility index (Phi) is 4.94. The fraction of sp³-hybridized carbons (Fsp3) is 0.0769. The maximum atomic E-state index is 13.2. The Labute approximate surface area is 192 Å². The van der Waals surface area contributed by atoms with Gasteiger partial charge in [-0.3, -0.25) is 14.5 Å². The van der Waals surface area contributed by atoms with Crippen molar-refractivity contribution in [3.8, 4) is 0 Å². The van der Waals surface area contributed by atoms with E-state index in [-0.39, 0.29) is 11.3 Å². The zero-order valence-corrected chi connectivity index (χ0v) is 18.7. The molecule has 6 heteroatoms. The number of rotatable bonds is 3. The quantitative estimate of drug-likeness (QED) is 0.214. The van der Waals surface area contributed by atoms with E-state index < -0.39 is 17.7 Å². The number of nitrogens with zero attached hydrogens (tertiary/aromatic N) is 1. The average Bonchev–Trinajstić information content (AvgIpc) is 3.34. The van der Waals surface area contributed by atoms with Gasteiger partial charge < -0.3 is 9.52 Å². The molecule has 1 aliphatic heterocycles. The van der Waals surface area contributed by atoms with Gasteiger partial charge in [-0.1, -0.05) is 58.4 Å². The molecular formula is C26H18BrNO4. The van der Waals surface area contributed by atoms with Crippen LogP contribution in [0.2, 0.25) is 0 Å². The Bertz CT molecular complexity index is 1400. The molecule has 1 aliphatic rings. The minimum absolute atomic E-state index is 0.00335. The van der Waals surface area contributed by atoms with Crippen molar-refractivity contribution in [2.75, 3.05) is 4.90 Å². The highest BCUT2D eigenvalue weighted by molar-refractivity contribution is 9.10. The summed E-state index contributed by atoms with van der Waals surface area (Å²) in [5.41, 5.74) is 1.03. The van der Waals surface area contributed by atoms with Crippen molar-refractivity contribution in [3.63, 3.8) is 0 Å². The number of aryl methyl sites for hydroxylation is 1. The maximum Gasteiger partial charge on any atom is 0.300 e. The summed E-state index contributed by atoms with van der Waals surface area (Å²) in [6.45, 7) is 1.79. The minimum atomic E-state index is -0.885. The van der Waals surface area contributed by atoms with E-state index >= 15 is 0 Å². The number of aliphatic hydroxyl groups excluding tert-OH is 1. The number of fused-ring (bicyclic) bond motifs is 1. The monoisotopic (exact) mass is 487 g/mol. The highest BCUT2D eigenvalue weighted by Gasteiger charge is 2.48. The second kappa shape index (κ2) is 7.80. The van der Waals surface area contributed by atoms with Gasteiger partial charge in [-0.05, 0) is 54.1 Å². The Morgan fingerprint density at radius 3 is 2.38 bits per heavy atom. The molecule has 1 fully saturated rings. The summed E-state index contributed by atoms with van der Waals surface area (Å²) >= 11 is 3.39. The van der Waals surface area contributed by atoms with E-state index in [1.54, 1.807) is 49.4 Å². The second-order valence-corrected chi connectivity index (χ2v) is 8.54. The zero-order chi connectivity index (χ0) is 22.4. The number of hydrogen-bond donors (Lipinski definition) is 1. The first-order valence-corrected chi connectivity index (χ1v) is 10.9. The van der Waals surface area contributed by atoms with Gasteiger partial charge in [0.15, 0.2) is 0 Å². The van der Waals surface area contributed by atoms with Crippen LogP contribution >= 0.6 is 15.9 Å². The Balaban J connectivity index is 1.76. The van der Waals surface area contributed by atoms with Crippen LogP contribution in [-0.4, -0.2) is 16.8 Å². The molecule has 0 aliphatic carbocycles. The lowest BCUT2D eigenvalue weighted by atomic mass is 9.96. The standard InChI is InChI=1S/C26H18BrNO4/c1-15-9-14-21(32-15)23-22(24(29)20-8-4-6-16-5-2-3-7-19(16)20)25(30)26(31)28(23)18-12-10-17(27)11-13-18/h2-14,23,29H,1H3/b24-22-. The van der Waals surface area contributed by atoms with Crippen LogP contribution in [0, 0.1) is 6.92 Å². The Morgan fingerprint density at radius 1 is 0.938 bits per heavy atom. The lowest BCUT2D eigenvalue weighted by Crippen LogP contribution is -2.29. The highest BCUT2D eigenvalue weighted by atomic mass is 79.9. The van der Waals surface area contributed by atoms with E-state index in [0.29, 0.717) is 22.8 Å². The van der Waals surface area contributed by atoms with Crippen LogP contribution < -0.4 is 4.90 Å². The number of benzene rings is 3. The molecular weight excluding hydrogens is 470 g/mol. The maximum absolute atomic E-state index is 13.2. The molecule has 158 valence electrons. The van der Waals surface area contributed by atoms with Gasteiger partial charge in [-0.15, -0.1) is 0 Å². The number of amides is 1. The molecule has 1 atom stereocenters. The van der Waals surface area contributed by atoms with Crippen molar-refractivity contribution in [1.82, 2.24) is 0 Å². The van der Waals surface area contributed by atoms with Gasteiger partial charge in [0.05, 0.1) is 5.57 Å². The van der Waals surface area contributed by atoms with Gasteiger partial charge in [-0.25, -0.2) is 0 Å². The first kappa shape index (κ1) is 20.3. The predicted molar refractivity (Wildman–Crippen MR) is 126 cm³/mol. The lowest BCUT2D eigenvalue weighted by Gasteiger charge is -2.23. The largest absolute Gasteiger partial charge is 0.507 e. The summed E-state index contributed by atoms with van der Waals surface area (Å²) in [4.78, 5) is 27.8. The number of anilines is 1. The lowest BCUT2D eigenvalue weighted by molar-refractivity contribution is -0.132. The molecule has 0 radical (unpaired) electrons. The van der Waals surface area contributed by atoms with Crippen LogP contribution in [0.3, 0.4) is 0 Å². The number of carbonyl (C=O) groups is 2. The van der Waals surface area contributed by atoms with Crippen LogP contribution in [0.25, 0.3) is 16.5 Å². The molecule has 2 heterocycles. The van der Waals surface area contributed by atoms with Gasteiger partial charge in [0.25, 0.3) is 11.7 Å². The third kappa shape index (κ3) is 3.24. The molecule has 1 amide bonds. The third-order valence-electron chi connectivity index (χ3n) is 5.62. The Morgan fingerprint density at radius 2 is 1.66 bits per heavy atom. The van der Waals surface area contributed by atoms with Crippen molar-refractivity contribution >= 4 is 49.8 Å². The van der Waals surface area contributed by atoms with E-state index in [4.69, 9.17) is 4.42 Å². The van der Waals surface area contributed by atoms with Gasteiger partial charge in [-0.2, -0.15) is 0 Å². The molecule has 1 aromatic heterocycles. The van der Waals surface area contributed by atoms with E-state index in [0.717, 1.165) is 15.2 Å². The summed E-state index contributed by atoms with van der Waals surface area (Å²) in [5, 5.41) is 13.1. The minimum Gasteiger partial charge on any atom is -0.507 e. The fourth-order valence-electron chi connectivity index (χ4n) is 4.15. The van der Waals surface area contributed by atoms with Crippen molar-refractivity contribution in [3.05, 3.63) is 106 Å². The summed E-state index contributed by atoms with van der Waals surface area (Å²) in [5.74, 6) is -0.637. The summed E-state index contributed by atoms with van der Waals surface area (Å²) in [6, 6.07) is 22.8. The molecule has 0 spiro atoms. The van der Waals surface area contributed by atoms with E-state index in [9.17, 15) is 14.7 Å². The SMILES string of the molecule is Cc1ccc(C2/C(=C(/O)c3cccc4ccccc34)C(=O)C(=O)N2c2ccc(Br)cc2)o1. The first-order valence-electron chi connectivity index (χ1n) is 10.1. The van der Waals surface area contributed by atoms with E-state index in [2.05, 4.69) is 15.9 Å². The molecule has 4 aromatic rings. The van der Waals surface area contributed by atoms with Gasteiger partial charge in [0, 0.05) is 15.7 Å². The topological polar surface area (TPSA) is 70.8 Å². The van der Waals surface area contributed by atoms with Crippen molar-refractivity contribution < 1.29 is 19.1 Å². The van der Waals surface area contributed by atoms with Gasteiger partial charge in [0.1, 0.15) is 23.3 Å². The summed E-state index contributed by atoms with van der Waals surface area (Å²) < 4.78 is 6.69. The third-order valence-corrected chi connectivity index (χ3v) is 6.15. The number of furan rings is 1. The molecule has 32 heavy (non-hydrogen) atoms. The van der Waals surface area contributed by atoms with Crippen LogP contribution in [0.15, 0.2) is 93.3 Å². The number of ketones is 1. The van der Waals surface area contributed by atoms with E-state index in [1.165, 1.54) is 4.90 Å². The highest BCUT2D eigenvalue weighted by Crippen LogP contribution is 2.43. The number of aliphatic hydroxyl groups is 1. The zero-order valence-electron chi connectivity index (χ0n) is 17.1. The number of halogens is 1. The molecule has 5 rings (SSSR count). The van der Waals surface area contributed by atoms with Crippen molar-refractivity contribution in [2.45, 2.75) is 13.0 Å². The smallest absolute Gasteiger partial charge is 0.300 e. The number of Topliss-reactive ketones (excluding diaryl/α,β-unsaturated/α-hetero) is 1. The fourth-order valence-corrected chi connectivity index (χ4v) is 4.41. The predicted octanol–water partition coefficient (Wildman–Crippen LogP) is 6.13. The molecule has 5 nitrogen and oxygen atoms in total. The van der Waals surface area contributed by atoms with Crippen LogP contribution in [0.5, 0.6) is 0 Å².